The Hall–Kier alpha value is -5.80. The molecule has 43 heavy (non-hydrogen) atoms. The van der Waals surface area contributed by atoms with Crippen LogP contribution in [0.3, 0.4) is 0 Å². The Labute approximate surface area is 248 Å². The number of rotatable bonds is 3. The molecule has 0 aliphatic rings. The number of hydrogen-bond acceptors (Lipinski definition) is 2. The zero-order chi connectivity index (χ0) is 28.3. The number of fused-ring (bicyclic) bond motifs is 7. The van der Waals surface area contributed by atoms with Crippen molar-refractivity contribution in [2.75, 3.05) is 0 Å². The summed E-state index contributed by atoms with van der Waals surface area (Å²) in [6.45, 7) is 0. The van der Waals surface area contributed by atoms with E-state index in [2.05, 4.69) is 144 Å². The van der Waals surface area contributed by atoms with Crippen LogP contribution in [0, 0.1) is 0 Å². The van der Waals surface area contributed by atoms with E-state index >= 15 is 0 Å². The Morgan fingerprint density at radius 3 is 1.65 bits per heavy atom. The van der Waals surface area contributed by atoms with Gasteiger partial charge in [-0.25, -0.2) is 9.97 Å². The highest BCUT2D eigenvalue weighted by Gasteiger charge is 2.17. The predicted molar refractivity (Wildman–Crippen MR) is 180 cm³/mol. The van der Waals surface area contributed by atoms with Gasteiger partial charge in [-0.2, -0.15) is 0 Å². The average molecular weight is 548 g/mol. The Morgan fingerprint density at radius 2 is 0.977 bits per heavy atom. The Kier molecular flexibility index (Phi) is 5.20. The van der Waals surface area contributed by atoms with E-state index in [1.54, 1.807) is 0 Å². The first-order valence-electron chi connectivity index (χ1n) is 14.6. The van der Waals surface area contributed by atoms with E-state index in [0.717, 1.165) is 55.5 Å². The second kappa shape index (κ2) is 9.37. The number of para-hydroxylation sites is 2. The lowest BCUT2D eigenvalue weighted by molar-refractivity contribution is 1.10. The van der Waals surface area contributed by atoms with Crippen molar-refractivity contribution < 1.29 is 0 Å². The van der Waals surface area contributed by atoms with Crippen LogP contribution < -0.4 is 0 Å². The summed E-state index contributed by atoms with van der Waals surface area (Å²) in [6, 6.07) is 53.7. The maximum atomic E-state index is 5.35. The van der Waals surface area contributed by atoms with Gasteiger partial charge >= 0.3 is 0 Å². The van der Waals surface area contributed by atoms with E-state index in [1.165, 1.54) is 27.1 Å². The van der Waals surface area contributed by atoms with Crippen LogP contribution in [0.25, 0.3) is 82.6 Å². The third kappa shape index (κ3) is 3.68. The quantitative estimate of drug-likeness (QED) is 0.163. The molecule has 200 valence electrons. The van der Waals surface area contributed by atoms with Crippen molar-refractivity contribution in [1.29, 1.82) is 0 Å². The SMILES string of the molecule is c1ccc(-c2nc3ccccc3n2-c2ccc(-c3c4ccc5ccccc5c4nc4c3ccc3ccccc34)cc2)cc1. The van der Waals surface area contributed by atoms with Gasteiger partial charge in [0.15, 0.2) is 0 Å². The van der Waals surface area contributed by atoms with Gasteiger partial charge in [0.1, 0.15) is 5.82 Å². The third-order valence-corrected chi connectivity index (χ3v) is 8.57. The van der Waals surface area contributed by atoms with E-state index in [-0.39, 0.29) is 0 Å². The summed E-state index contributed by atoms with van der Waals surface area (Å²) in [6.07, 6.45) is 0. The normalized spacial score (nSPS) is 11.7. The van der Waals surface area contributed by atoms with E-state index in [0.29, 0.717) is 0 Å². The molecule has 0 unspecified atom stereocenters. The van der Waals surface area contributed by atoms with Crippen LogP contribution in [0.2, 0.25) is 0 Å². The summed E-state index contributed by atoms with van der Waals surface area (Å²) in [5.41, 5.74) is 8.69. The second-order valence-corrected chi connectivity index (χ2v) is 11.0. The molecule has 3 nitrogen and oxygen atoms in total. The molecule has 0 N–H and O–H groups in total. The highest BCUT2D eigenvalue weighted by Crippen LogP contribution is 2.40. The fourth-order valence-electron chi connectivity index (χ4n) is 6.57. The van der Waals surface area contributed by atoms with E-state index in [4.69, 9.17) is 9.97 Å². The van der Waals surface area contributed by atoms with Crippen molar-refractivity contribution in [2.24, 2.45) is 0 Å². The van der Waals surface area contributed by atoms with Gasteiger partial charge in [0.25, 0.3) is 0 Å². The number of aromatic nitrogens is 3. The molecule has 9 aromatic rings. The predicted octanol–water partition coefficient (Wildman–Crippen LogP) is 10.4. The number of hydrogen-bond donors (Lipinski definition) is 0. The third-order valence-electron chi connectivity index (χ3n) is 8.57. The van der Waals surface area contributed by atoms with Gasteiger partial charge in [-0.3, -0.25) is 4.57 Å². The Balaban J connectivity index is 1.31. The van der Waals surface area contributed by atoms with Gasteiger partial charge in [0, 0.05) is 38.4 Å². The van der Waals surface area contributed by atoms with Gasteiger partial charge in [-0.15, -0.1) is 0 Å². The van der Waals surface area contributed by atoms with E-state index < -0.39 is 0 Å². The summed E-state index contributed by atoms with van der Waals surface area (Å²) in [4.78, 5) is 10.4. The first-order valence-corrected chi connectivity index (χ1v) is 14.6. The van der Waals surface area contributed by atoms with Crippen LogP contribution in [0.15, 0.2) is 152 Å². The topological polar surface area (TPSA) is 30.7 Å². The smallest absolute Gasteiger partial charge is 0.145 e. The minimum atomic E-state index is 0.937. The van der Waals surface area contributed by atoms with Crippen molar-refractivity contribution in [1.82, 2.24) is 14.5 Å². The molecule has 0 fully saturated rings. The zero-order valence-electron chi connectivity index (χ0n) is 23.3. The Bertz CT molecular complexity index is 2400. The maximum absolute atomic E-state index is 5.35. The van der Waals surface area contributed by atoms with Crippen LogP contribution in [-0.4, -0.2) is 14.5 Å². The number of imidazole rings is 1. The molecule has 0 saturated carbocycles. The van der Waals surface area contributed by atoms with Crippen molar-refractivity contribution in [2.45, 2.75) is 0 Å². The molecular weight excluding hydrogens is 522 g/mol. The van der Waals surface area contributed by atoms with Crippen molar-refractivity contribution in [3.63, 3.8) is 0 Å². The molecule has 0 saturated heterocycles. The van der Waals surface area contributed by atoms with Gasteiger partial charge in [-0.1, -0.05) is 127 Å². The minimum absolute atomic E-state index is 0.937. The minimum Gasteiger partial charge on any atom is -0.292 e. The average Bonchev–Trinajstić information content (AvgIpc) is 3.47. The molecule has 0 aliphatic carbocycles. The van der Waals surface area contributed by atoms with Crippen LogP contribution >= 0.6 is 0 Å². The molecule has 9 rings (SSSR count). The van der Waals surface area contributed by atoms with Crippen molar-refractivity contribution >= 4 is 54.4 Å². The van der Waals surface area contributed by atoms with Crippen LogP contribution in [0.1, 0.15) is 0 Å². The summed E-state index contributed by atoms with van der Waals surface area (Å²) in [7, 11) is 0. The fourth-order valence-corrected chi connectivity index (χ4v) is 6.57. The van der Waals surface area contributed by atoms with E-state index in [9.17, 15) is 0 Å². The number of nitrogens with zero attached hydrogens (tertiary/aromatic N) is 3. The van der Waals surface area contributed by atoms with Crippen LogP contribution in [-0.2, 0) is 0 Å². The first-order chi connectivity index (χ1) is 21.3. The molecule has 0 atom stereocenters. The lowest BCUT2D eigenvalue weighted by Crippen LogP contribution is -1.98. The lowest BCUT2D eigenvalue weighted by Gasteiger charge is -2.16. The number of pyridine rings is 1. The molecule has 0 radical (unpaired) electrons. The fraction of sp³-hybridized carbons (Fsp3) is 0. The maximum Gasteiger partial charge on any atom is 0.145 e. The molecule has 2 aromatic heterocycles. The van der Waals surface area contributed by atoms with Gasteiger partial charge in [0.2, 0.25) is 0 Å². The molecule has 0 bridgehead atoms. The second-order valence-electron chi connectivity index (χ2n) is 11.0. The van der Waals surface area contributed by atoms with Crippen molar-refractivity contribution in [3.8, 4) is 28.2 Å². The molecular formula is C40H25N3. The first kappa shape index (κ1) is 23.9. The van der Waals surface area contributed by atoms with Gasteiger partial charge in [0.05, 0.1) is 22.1 Å². The zero-order valence-corrected chi connectivity index (χ0v) is 23.3. The van der Waals surface area contributed by atoms with Gasteiger partial charge in [-0.05, 0) is 40.6 Å². The van der Waals surface area contributed by atoms with E-state index in [1.807, 2.05) is 12.1 Å². The summed E-state index contributed by atoms with van der Waals surface area (Å²) in [5.74, 6) is 0.937. The molecule has 0 aliphatic heterocycles. The molecule has 0 amide bonds. The largest absolute Gasteiger partial charge is 0.292 e. The molecule has 7 aromatic carbocycles. The standard InChI is InChI=1S/C40H25N3/c1-2-12-29(13-3-1)40-41-35-16-8-9-17-36(35)43(40)30-22-18-28(19-23-30)37-33-24-20-26-10-4-6-14-31(26)38(33)42-39-32-15-7-5-11-27(32)21-25-34(37)39/h1-25H. The summed E-state index contributed by atoms with van der Waals surface area (Å²) in [5, 5.41) is 7.06. The molecule has 3 heteroatoms. The lowest BCUT2D eigenvalue weighted by atomic mass is 9.92. The molecule has 0 spiro atoms. The Morgan fingerprint density at radius 1 is 0.395 bits per heavy atom. The molecule has 2 heterocycles. The highest BCUT2D eigenvalue weighted by atomic mass is 15.1. The number of benzene rings is 7. The van der Waals surface area contributed by atoms with Crippen molar-refractivity contribution in [3.05, 3.63) is 152 Å². The van der Waals surface area contributed by atoms with Crippen LogP contribution in [0.4, 0.5) is 0 Å². The summed E-state index contributed by atoms with van der Waals surface area (Å²) < 4.78 is 2.26. The van der Waals surface area contributed by atoms with Gasteiger partial charge < -0.3 is 0 Å². The van der Waals surface area contributed by atoms with Crippen LogP contribution in [0.5, 0.6) is 0 Å². The summed E-state index contributed by atoms with van der Waals surface area (Å²) >= 11 is 0. The highest BCUT2D eigenvalue weighted by molar-refractivity contribution is 6.21. The monoisotopic (exact) mass is 547 g/mol.